The zero-order valence-corrected chi connectivity index (χ0v) is 17.9. The van der Waals surface area contributed by atoms with Crippen molar-refractivity contribution in [1.29, 1.82) is 0 Å². The number of benzene rings is 1. The maximum absolute atomic E-state index is 12.2. The number of carbonyl (C=O) groups is 1. The number of nitrogens with one attached hydrogen (secondary N) is 3. The van der Waals surface area contributed by atoms with E-state index in [2.05, 4.69) is 31.9 Å². The molecule has 26 heavy (non-hydrogen) atoms. The van der Waals surface area contributed by atoms with E-state index in [1.165, 1.54) is 6.07 Å². The standard InChI is InChI=1S/C15H13BrCl3N3O3S/c1-24-9-4-2-8(3-5-9)20-14(26)22-13(15(17,18)19)21-12(23)10-6-7-11(16)25-10/h2-7,13H,1H3,(H,21,23)(H2,20,22,26)/t13-/m0/s1. The maximum atomic E-state index is 12.2. The van der Waals surface area contributed by atoms with Gasteiger partial charge in [-0.25, -0.2) is 0 Å². The largest absolute Gasteiger partial charge is 0.497 e. The van der Waals surface area contributed by atoms with Crippen molar-refractivity contribution in [3.8, 4) is 5.75 Å². The molecule has 0 aliphatic carbocycles. The van der Waals surface area contributed by atoms with Gasteiger partial charge in [0.1, 0.15) is 11.9 Å². The Bertz CT molecular complexity index is 780. The van der Waals surface area contributed by atoms with Crippen LogP contribution in [0.25, 0.3) is 0 Å². The van der Waals surface area contributed by atoms with Crippen molar-refractivity contribution in [1.82, 2.24) is 10.6 Å². The third-order valence-electron chi connectivity index (χ3n) is 3.02. The lowest BCUT2D eigenvalue weighted by Crippen LogP contribution is -2.56. The highest BCUT2D eigenvalue weighted by Gasteiger charge is 2.35. The molecule has 0 bridgehead atoms. The Morgan fingerprint density at radius 3 is 2.35 bits per heavy atom. The summed E-state index contributed by atoms with van der Waals surface area (Å²) in [5.41, 5.74) is 0.688. The van der Waals surface area contributed by atoms with Crippen LogP contribution in [0.3, 0.4) is 0 Å². The number of rotatable bonds is 5. The van der Waals surface area contributed by atoms with Crippen LogP contribution >= 0.6 is 63.0 Å². The number of ether oxygens (including phenoxy) is 1. The minimum atomic E-state index is -1.87. The van der Waals surface area contributed by atoms with Crippen LogP contribution in [0.1, 0.15) is 10.6 Å². The first-order valence-electron chi connectivity index (χ1n) is 7.03. The highest BCUT2D eigenvalue weighted by molar-refractivity contribution is 9.10. The normalized spacial score (nSPS) is 12.2. The third kappa shape index (κ3) is 6.21. The zero-order valence-electron chi connectivity index (χ0n) is 13.2. The number of carbonyl (C=O) groups excluding carboxylic acids is 1. The molecule has 0 radical (unpaired) electrons. The van der Waals surface area contributed by atoms with Gasteiger partial charge in [0.15, 0.2) is 15.5 Å². The fourth-order valence-corrected chi connectivity index (χ4v) is 2.68. The fourth-order valence-electron chi connectivity index (χ4n) is 1.81. The van der Waals surface area contributed by atoms with Crippen LogP contribution in [0.2, 0.25) is 0 Å². The van der Waals surface area contributed by atoms with Crippen LogP contribution in [-0.4, -0.2) is 28.1 Å². The van der Waals surface area contributed by atoms with Gasteiger partial charge in [-0.3, -0.25) is 4.79 Å². The quantitative estimate of drug-likeness (QED) is 0.319. The van der Waals surface area contributed by atoms with Gasteiger partial charge in [0.2, 0.25) is 3.79 Å². The van der Waals surface area contributed by atoms with Gasteiger partial charge >= 0.3 is 0 Å². The lowest BCUT2D eigenvalue weighted by molar-refractivity contribution is 0.0905. The van der Waals surface area contributed by atoms with Crippen molar-refractivity contribution >= 4 is 79.7 Å². The van der Waals surface area contributed by atoms with Crippen molar-refractivity contribution in [3.63, 3.8) is 0 Å². The Hall–Kier alpha value is -1.19. The second-order valence-corrected chi connectivity index (χ2v) is 8.44. The summed E-state index contributed by atoms with van der Waals surface area (Å²) in [6.07, 6.45) is -1.11. The molecule has 3 N–H and O–H groups in total. The third-order valence-corrected chi connectivity index (χ3v) is 4.32. The van der Waals surface area contributed by atoms with Gasteiger partial charge < -0.3 is 25.1 Å². The average Bonchev–Trinajstić information content (AvgIpc) is 3.00. The molecule has 0 saturated carbocycles. The molecule has 0 unspecified atom stereocenters. The molecule has 1 aromatic carbocycles. The van der Waals surface area contributed by atoms with Crippen molar-refractivity contribution < 1.29 is 13.9 Å². The fraction of sp³-hybridized carbons (Fsp3) is 0.200. The summed E-state index contributed by atoms with van der Waals surface area (Å²) in [7, 11) is 1.57. The van der Waals surface area contributed by atoms with Crippen LogP contribution in [-0.2, 0) is 0 Å². The number of thiocarbonyl (C=S) groups is 1. The lowest BCUT2D eigenvalue weighted by atomic mass is 10.3. The Morgan fingerprint density at radius 2 is 1.85 bits per heavy atom. The summed E-state index contributed by atoms with van der Waals surface area (Å²) in [4.78, 5) is 12.2. The van der Waals surface area contributed by atoms with E-state index in [1.807, 2.05) is 0 Å². The van der Waals surface area contributed by atoms with Crippen LogP contribution < -0.4 is 20.7 Å². The summed E-state index contributed by atoms with van der Waals surface area (Å²) >= 11 is 26.1. The molecule has 11 heteroatoms. The smallest absolute Gasteiger partial charge is 0.288 e. The van der Waals surface area contributed by atoms with Crippen molar-refractivity contribution in [2.24, 2.45) is 0 Å². The molecule has 1 atom stereocenters. The van der Waals surface area contributed by atoms with E-state index in [0.29, 0.717) is 16.1 Å². The lowest BCUT2D eigenvalue weighted by Gasteiger charge is -2.27. The van der Waals surface area contributed by atoms with Crippen molar-refractivity contribution in [2.75, 3.05) is 12.4 Å². The molecule has 1 heterocycles. The van der Waals surface area contributed by atoms with Gasteiger partial charge in [-0.2, -0.15) is 0 Å². The van der Waals surface area contributed by atoms with E-state index in [9.17, 15) is 4.79 Å². The second-order valence-electron chi connectivity index (χ2n) is 4.88. The number of alkyl halides is 3. The monoisotopic (exact) mass is 499 g/mol. The SMILES string of the molecule is COc1ccc(NC(=S)N[C@H](NC(=O)c2ccc(Br)o2)C(Cl)(Cl)Cl)cc1. The number of methoxy groups -OCH3 is 1. The predicted molar refractivity (Wildman–Crippen MR) is 110 cm³/mol. The summed E-state index contributed by atoms with van der Waals surface area (Å²) in [5.74, 6) is 0.171. The first-order chi connectivity index (χ1) is 12.2. The summed E-state index contributed by atoms with van der Waals surface area (Å²) in [5, 5.41) is 8.33. The molecule has 0 aliphatic rings. The van der Waals surface area contributed by atoms with E-state index in [1.54, 1.807) is 37.4 Å². The molecule has 0 aliphatic heterocycles. The Morgan fingerprint density at radius 1 is 1.19 bits per heavy atom. The molecule has 6 nitrogen and oxygen atoms in total. The molecular formula is C15H13BrCl3N3O3S. The predicted octanol–water partition coefficient (Wildman–Crippen LogP) is 4.46. The van der Waals surface area contributed by atoms with Gasteiger partial charge in [-0.15, -0.1) is 0 Å². The molecule has 0 fully saturated rings. The first kappa shape index (κ1) is 21.1. The molecule has 0 spiro atoms. The molecule has 1 aromatic heterocycles. The Kier molecular flexibility index (Phi) is 7.42. The van der Waals surface area contributed by atoms with Crippen LogP contribution in [0, 0.1) is 0 Å². The topological polar surface area (TPSA) is 75.5 Å². The molecule has 1 amide bonds. The highest BCUT2D eigenvalue weighted by atomic mass is 79.9. The summed E-state index contributed by atoms with van der Waals surface area (Å²) in [6.45, 7) is 0. The van der Waals surface area contributed by atoms with Gasteiger partial charge in [0.25, 0.3) is 5.91 Å². The van der Waals surface area contributed by atoms with Gasteiger partial charge in [-0.1, -0.05) is 34.8 Å². The number of furan rings is 1. The van der Waals surface area contributed by atoms with E-state index in [-0.39, 0.29) is 10.9 Å². The van der Waals surface area contributed by atoms with Gasteiger partial charge in [0.05, 0.1) is 7.11 Å². The van der Waals surface area contributed by atoms with Gasteiger partial charge in [0, 0.05) is 5.69 Å². The number of hydrogen-bond acceptors (Lipinski definition) is 4. The molecular weight excluding hydrogens is 489 g/mol. The zero-order chi connectivity index (χ0) is 19.3. The van der Waals surface area contributed by atoms with E-state index < -0.39 is 15.9 Å². The highest BCUT2D eigenvalue weighted by Crippen LogP contribution is 2.29. The Labute approximate surface area is 178 Å². The second kappa shape index (κ2) is 9.14. The molecule has 140 valence electrons. The van der Waals surface area contributed by atoms with Crippen LogP contribution in [0.4, 0.5) is 5.69 Å². The molecule has 2 rings (SSSR count). The number of halogens is 4. The Balaban J connectivity index is 2.02. The summed E-state index contributed by atoms with van der Waals surface area (Å²) in [6, 6.07) is 10.1. The minimum absolute atomic E-state index is 0.0481. The maximum Gasteiger partial charge on any atom is 0.288 e. The van der Waals surface area contributed by atoms with E-state index >= 15 is 0 Å². The molecule has 2 aromatic rings. The van der Waals surface area contributed by atoms with Crippen molar-refractivity contribution in [3.05, 3.63) is 46.8 Å². The van der Waals surface area contributed by atoms with Crippen LogP contribution in [0.5, 0.6) is 5.75 Å². The van der Waals surface area contributed by atoms with Crippen LogP contribution in [0.15, 0.2) is 45.5 Å². The minimum Gasteiger partial charge on any atom is -0.497 e. The number of hydrogen-bond donors (Lipinski definition) is 3. The van der Waals surface area contributed by atoms with E-state index in [4.69, 9.17) is 56.2 Å². The summed E-state index contributed by atoms with van der Waals surface area (Å²) < 4.78 is 8.78. The average molecular weight is 502 g/mol. The number of anilines is 1. The number of amides is 1. The van der Waals surface area contributed by atoms with Crippen molar-refractivity contribution in [2.45, 2.75) is 9.96 Å². The van der Waals surface area contributed by atoms with E-state index in [0.717, 1.165) is 0 Å². The van der Waals surface area contributed by atoms with Gasteiger partial charge in [-0.05, 0) is 64.5 Å². The molecule has 0 saturated heterocycles. The first-order valence-corrected chi connectivity index (χ1v) is 9.37.